The van der Waals surface area contributed by atoms with Gasteiger partial charge in [-0.2, -0.15) is 15.0 Å². The molecule has 32 nitrogen and oxygen atoms in total. The van der Waals surface area contributed by atoms with E-state index in [4.69, 9.17) is 42.5 Å². The van der Waals surface area contributed by atoms with Crippen LogP contribution in [0.25, 0.3) is 34.2 Å². The summed E-state index contributed by atoms with van der Waals surface area (Å²) in [6.45, 7) is 13.1. The molecule has 38 heteroatoms. The zero-order chi connectivity index (χ0) is 85.4. The number of aromatic nitrogens is 6. The highest BCUT2D eigenvalue weighted by molar-refractivity contribution is 7.94. The Morgan fingerprint density at radius 3 is 1.28 bits per heavy atom. The van der Waals surface area contributed by atoms with Crippen molar-refractivity contribution in [2.24, 2.45) is 5.92 Å². The van der Waals surface area contributed by atoms with E-state index < -0.39 is 67.8 Å². The van der Waals surface area contributed by atoms with Gasteiger partial charge in [-0.05, 0) is 198 Å². The van der Waals surface area contributed by atoms with Crippen molar-refractivity contribution in [2.75, 3.05) is 86.0 Å². The molecule has 6 N–H and O–H groups in total. The van der Waals surface area contributed by atoms with E-state index in [9.17, 15) is 63.2 Å². The molecule has 0 atom stereocenters. The Bertz CT molecular complexity index is 5120. The number of nitrogens with zero attached hydrogens (tertiary/aromatic N) is 8. The normalized spacial score (nSPS) is 15.6. The molecule has 3 saturated heterocycles. The zero-order valence-electron chi connectivity index (χ0n) is 66.4. The first-order valence-electron chi connectivity index (χ1n) is 38.8. The minimum absolute atomic E-state index is 0.000397. The molecule has 119 heavy (non-hydrogen) atoms. The molecule has 6 aromatic carbocycles. The summed E-state index contributed by atoms with van der Waals surface area (Å²) in [4.78, 5) is 54.8. The Kier molecular flexibility index (Phi) is 31.8. The van der Waals surface area contributed by atoms with Crippen LogP contribution in [0, 0.1) is 12.8 Å². The Balaban J connectivity index is 0.000000189. The number of alkyl halides is 3. The summed E-state index contributed by atoms with van der Waals surface area (Å²) in [5.41, 5.74) is 9.34. The van der Waals surface area contributed by atoms with Gasteiger partial charge in [0, 0.05) is 89.0 Å². The number of likely N-dealkylation sites (tertiary alicyclic amines) is 2. The Morgan fingerprint density at radius 2 is 0.891 bits per heavy atom. The number of sulfone groups is 3. The average molecular weight is 1710 g/mol. The lowest BCUT2D eigenvalue weighted by Gasteiger charge is -2.39. The highest BCUT2D eigenvalue weighted by Crippen LogP contribution is 2.40. The molecule has 642 valence electrons. The third-order valence-corrected chi connectivity index (χ3v) is 28.5. The van der Waals surface area contributed by atoms with Crippen molar-refractivity contribution in [2.45, 2.75) is 153 Å². The minimum Gasteiger partial charge on any atom is -0.494 e. The van der Waals surface area contributed by atoms with Gasteiger partial charge in [-0.15, -0.1) is 13.2 Å². The molecular weight excluding hydrogens is 1620 g/mol. The predicted octanol–water partition coefficient (Wildman–Crippen LogP) is 10.8. The molecule has 3 fully saturated rings. The first kappa shape index (κ1) is 91.0. The standard InChI is InChI=1S/C32H44N4O7S.C26H29F3N4O7S.C23H25N3O7S/c1-23(2)7-8-25-9-14-28(24(3)22-25)30-33-29(43-35-30)6-5-20-42-26-10-12-27(13-11-26)44(39,40)32(31(37)34-38)15-17-36(18-16-32)19-21-41-4;1-2-33-15-13-25(14-16-33,24(34)31-35)41(36,37)21-11-9-19(10-12-21)38-17-3-4-22-30-23(32-40-22)18-5-7-20(8-6-18)39-26(27,28)29;27-22(25-28)23(12-15-31-16-13-23)34(29,30)19-10-8-18(9-11-19)32-14-4-7-20-24-21(26-33-20)17-5-2-1-3-6-17/h9-14,22-23,38H,5-8,15-21H2,1-4H3,(H,34,37);5-12,35H,2-4,13-17H2,1H3,(H,31,34);1-3,5-6,8-11,28H,4,7,12-16H2,(H,25,27). The summed E-state index contributed by atoms with van der Waals surface area (Å²) in [7, 11) is -10.7. The maximum atomic E-state index is 13.7. The van der Waals surface area contributed by atoms with Crippen LogP contribution in [-0.2, 0) is 79.1 Å². The first-order valence-corrected chi connectivity index (χ1v) is 43.2. The second-order valence-corrected chi connectivity index (χ2v) is 35.8. The average Bonchev–Trinajstić information content (AvgIpc) is 0.780. The van der Waals surface area contributed by atoms with Gasteiger partial charge in [0.25, 0.3) is 17.7 Å². The van der Waals surface area contributed by atoms with Gasteiger partial charge in [0.15, 0.2) is 43.8 Å². The molecule has 0 unspecified atom stereocenters. The van der Waals surface area contributed by atoms with Crippen molar-refractivity contribution in [3.05, 3.63) is 174 Å². The minimum atomic E-state index is -4.78. The van der Waals surface area contributed by atoms with Crippen molar-refractivity contribution >= 4 is 47.2 Å². The first-order chi connectivity index (χ1) is 57.0. The molecule has 3 amide bonds. The third-order valence-electron chi connectivity index (χ3n) is 20.9. The van der Waals surface area contributed by atoms with Crippen LogP contribution < -0.4 is 35.4 Å². The molecule has 3 aliphatic rings. The molecule has 0 radical (unpaired) electrons. The molecular formula is C81H98F3N11O21S3. The van der Waals surface area contributed by atoms with E-state index in [1.54, 1.807) is 30.2 Å². The monoisotopic (exact) mass is 1710 g/mol. The zero-order valence-corrected chi connectivity index (χ0v) is 68.9. The van der Waals surface area contributed by atoms with Crippen LogP contribution in [0.3, 0.4) is 0 Å². The van der Waals surface area contributed by atoms with E-state index in [1.807, 2.05) is 47.1 Å². The van der Waals surface area contributed by atoms with Crippen LogP contribution in [0.1, 0.15) is 114 Å². The summed E-state index contributed by atoms with van der Waals surface area (Å²) in [6.07, 6.45) is 0.721. The smallest absolute Gasteiger partial charge is 0.494 e. The van der Waals surface area contributed by atoms with Gasteiger partial charge in [0.2, 0.25) is 35.1 Å². The molecule has 0 saturated carbocycles. The van der Waals surface area contributed by atoms with Gasteiger partial charge >= 0.3 is 6.36 Å². The molecule has 12 rings (SSSR count). The second kappa shape index (κ2) is 41.6. The van der Waals surface area contributed by atoms with Crippen LogP contribution in [0.5, 0.6) is 23.0 Å². The van der Waals surface area contributed by atoms with Crippen molar-refractivity contribution in [1.29, 1.82) is 0 Å². The van der Waals surface area contributed by atoms with Crippen LogP contribution >= 0.6 is 0 Å². The van der Waals surface area contributed by atoms with Crippen molar-refractivity contribution < 1.29 is 110 Å². The number of carbonyl (C=O) groups excluding carboxylic acids is 3. The quantitative estimate of drug-likeness (QED) is 0.0122. The number of piperidine rings is 2. The number of carbonyl (C=O) groups is 3. The molecule has 0 spiro atoms. The van der Waals surface area contributed by atoms with Crippen LogP contribution in [0.4, 0.5) is 13.2 Å². The summed E-state index contributed by atoms with van der Waals surface area (Å²) < 4.78 is 160. The van der Waals surface area contributed by atoms with Crippen molar-refractivity contribution in [3.8, 4) is 57.2 Å². The Hall–Kier alpha value is -10.3. The van der Waals surface area contributed by atoms with Gasteiger partial charge in [-0.1, -0.05) is 84.8 Å². The molecule has 0 bridgehead atoms. The van der Waals surface area contributed by atoms with Crippen LogP contribution in [-0.4, -0.2) is 205 Å². The fraction of sp³-hybridized carbons (Fsp3) is 0.444. The van der Waals surface area contributed by atoms with E-state index in [1.165, 1.54) is 83.8 Å². The van der Waals surface area contributed by atoms with Gasteiger partial charge in [-0.25, -0.2) is 41.7 Å². The lowest BCUT2D eigenvalue weighted by molar-refractivity contribution is -0.274. The van der Waals surface area contributed by atoms with Crippen molar-refractivity contribution in [1.82, 2.24) is 56.7 Å². The highest BCUT2D eigenvalue weighted by atomic mass is 32.2. The number of ether oxygens (including phenoxy) is 6. The Morgan fingerprint density at radius 1 is 0.504 bits per heavy atom. The summed E-state index contributed by atoms with van der Waals surface area (Å²) in [5.74, 6) is 1.55. The number of amides is 3. The fourth-order valence-corrected chi connectivity index (χ4v) is 19.8. The molecule has 3 aromatic heterocycles. The number of benzene rings is 6. The van der Waals surface area contributed by atoms with Gasteiger partial charge in [0.05, 0.1) is 41.1 Å². The van der Waals surface area contributed by atoms with Gasteiger partial charge in [-0.3, -0.25) is 30.0 Å². The molecule has 3 aliphatic heterocycles. The summed E-state index contributed by atoms with van der Waals surface area (Å²) in [6, 6.07) is 38.6. The van der Waals surface area contributed by atoms with E-state index in [0.717, 1.165) is 48.2 Å². The number of hydrogen-bond acceptors (Lipinski definition) is 29. The predicted molar refractivity (Wildman–Crippen MR) is 423 cm³/mol. The van der Waals surface area contributed by atoms with Crippen LogP contribution in [0.15, 0.2) is 174 Å². The molecule has 9 aromatic rings. The van der Waals surface area contributed by atoms with E-state index in [-0.39, 0.29) is 84.6 Å². The third kappa shape index (κ3) is 22.8. The fourth-order valence-electron chi connectivity index (χ4n) is 13.9. The topological polar surface area (TPSA) is 429 Å². The number of aryl methyl sites for hydroxylation is 5. The maximum Gasteiger partial charge on any atom is 0.573 e. The van der Waals surface area contributed by atoms with Gasteiger partial charge in [0.1, 0.15) is 23.0 Å². The highest BCUT2D eigenvalue weighted by Gasteiger charge is 2.55. The number of nitrogens with one attached hydrogen (secondary N) is 3. The lowest BCUT2D eigenvalue weighted by atomic mass is 9.95. The molecule has 0 aliphatic carbocycles. The summed E-state index contributed by atoms with van der Waals surface area (Å²) >= 11 is 0. The number of rotatable bonds is 35. The number of hydroxylamine groups is 3. The van der Waals surface area contributed by atoms with Crippen molar-refractivity contribution in [3.63, 3.8) is 0 Å². The summed E-state index contributed by atoms with van der Waals surface area (Å²) in [5, 5.41) is 39.8. The lowest BCUT2D eigenvalue weighted by Crippen LogP contribution is -2.57. The number of methoxy groups -OCH3 is 1. The Labute approximate surface area is 687 Å². The molecule has 6 heterocycles. The maximum absolute atomic E-state index is 13.7. The van der Waals surface area contributed by atoms with E-state index in [0.29, 0.717) is 149 Å². The van der Waals surface area contributed by atoms with E-state index in [2.05, 4.69) is 74.1 Å². The number of hydrogen-bond donors (Lipinski definition) is 6. The largest absolute Gasteiger partial charge is 0.573 e. The van der Waals surface area contributed by atoms with Crippen LogP contribution in [0.2, 0.25) is 0 Å². The number of halogens is 3. The van der Waals surface area contributed by atoms with Gasteiger partial charge < -0.3 is 51.8 Å². The SMILES string of the molecule is CCN1CCC(C(=O)NO)(S(=O)(=O)c2ccc(OCCCc3nc(-c4ccc(OC(F)(F)F)cc4)no3)cc2)CC1.COCCN1CCC(C(=O)NO)(S(=O)(=O)c2ccc(OCCCc3nc(-c4ccc(CCC(C)C)cc4C)no3)cc2)CC1.O=C(NO)C1(S(=O)(=O)c2ccc(OCCCc3nc(-c4ccccc4)no3)cc2)CCOCC1. The second-order valence-electron chi connectivity index (χ2n) is 29.0. The van der Waals surface area contributed by atoms with E-state index >= 15 is 0 Å².